The molecule has 3 aromatic heterocycles. The van der Waals surface area contributed by atoms with E-state index >= 15 is 0 Å². The van der Waals surface area contributed by atoms with Crippen LogP contribution in [0.1, 0.15) is 58.1 Å². The number of aryl methyl sites for hydroxylation is 4. The summed E-state index contributed by atoms with van der Waals surface area (Å²) in [5.41, 5.74) is 2.70. The van der Waals surface area contributed by atoms with Crippen molar-refractivity contribution in [1.29, 1.82) is 0 Å². The summed E-state index contributed by atoms with van der Waals surface area (Å²) in [5, 5.41) is 7.07. The molecule has 0 unspecified atom stereocenters. The normalized spacial score (nSPS) is 16.8. The maximum atomic E-state index is 13.0. The van der Waals surface area contributed by atoms with E-state index in [0.29, 0.717) is 18.2 Å². The second kappa shape index (κ2) is 9.23. The number of likely N-dealkylation sites (tertiary alicyclic amines) is 1. The maximum absolute atomic E-state index is 13.0. The van der Waals surface area contributed by atoms with Crippen molar-refractivity contribution in [1.82, 2.24) is 24.8 Å². The molecular weight excluding hydrogens is 428 g/mol. The highest BCUT2D eigenvalue weighted by Crippen LogP contribution is 2.31. The van der Waals surface area contributed by atoms with E-state index in [1.807, 2.05) is 37.1 Å². The Morgan fingerprint density at radius 1 is 1.16 bits per heavy atom. The summed E-state index contributed by atoms with van der Waals surface area (Å²) in [6.07, 6.45) is 6.29. The van der Waals surface area contributed by atoms with E-state index in [2.05, 4.69) is 27.2 Å². The van der Waals surface area contributed by atoms with E-state index in [1.54, 1.807) is 34.8 Å². The van der Waals surface area contributed by atoms with Crippen molar-refractivity contribution in [2.75, 3.05) is 11.9 Å². The van der Waals surface area contributed by atoms with Gasteiger partial charge in [-0.25, -0.2) is 19.9 Å². The minimum Gasteiger partial charge on any atom is -0.329 e. The minimum absolute atomic E-state index is 0.0267. The molecule has 1 atom stereocenters. The maximum Gasteiger partial charge on any atom is 0.247 e. The molecule has 1 amide bonds. The number of amides is 1. The van der Waals surface area contributed by atoms with Gasteiger partial charge in [-0.05, 0) is 53.0 Å². The highest BCUT2D eigenvalue weighted by Gasteiger charge is 2.29. The Hall–Kier alpha value is -2.65. The Labute approximate surface area is 190 Å². The molecule has 1 saturated heterocycles. The SMILES string of the molecule is Cc1cc(Nc2nc(C)c(C)s2)nc([C@@H]2CCCCN2C(=O)/C=C/c2csc(C)n2)n1. The van der Waals surface area contributed by atoms with Gasteiger partial charge in [-0.3, -0.25) is 4.79 Å². The van der Waals surface area contributed by atoms with Crippen molar-refractivity contribution >= 4 is 45.6 Å². The number of hydrogen-bond acceptors (Lipinski definition) is 8. The summed E-state index contributed by atoms with van der Waals surface area (Å²) in [6, 6.07) is 1.78. The molecule has 162 valence electrons. The number of piperidine rings is 1. The number of anilines is 2. The number of carbonyl (C=O) groups excluding carboxylic acids is 1. The Bertz CT molecular complexity index is 1100. The second-order valence-electron chi connectivity index (χ2n) is 7.71. The molecule has 1 aliphatic rings. The van der Waals surface area contributed by atoms with Crippen LogP contribution >= 0.6 is 22.7 Å². The van der Waals surface area contributed by atoms with Crippen LogP contribution in [-0.4, -0.2) is 37.3 Å². The van der Waals surface area contributed by atoms with E-state index in [-0.39, 0.29) is 11.9 Å². The molecular formula is C22H26N6OS2. The average molecular weight is 455 g/mol. The van der Waals surface area contributed by atoms with Gasteiger partial charge in [0.2, 0.25) is 5.91 Å². The highest BCUT2D eigenvalue weighted by atomic mass is 32.1. The van der Waals surface area contributed by atoms with Crippen LogP contribution in [0.5, 0.6) is 0 Å². The predicted octanol–water partition coefficient (Wildman–Crippen LogP) is 5.13. The topological polar surface area (TPSA) is 83.9 Å². The van der Waals surface area contributed by atoms with Crippen LogP contribution in [0.15, 0.2) is 17.5 Å². The first kappa shape index (κ1) is 21.6. The van der Waals surface area contributed by atoms with Crippen molar-refractivity contribution in [2.45, 2.75) is 53.0 Å². The van der Waals surface area contributed by atoms with E-state index in [1.165, 1.54) is 4.88 Å². The average Bonchev–Trinajstić information content (AvgIpc) is 3.30. The number of hydrogen-bond donors (Lipinski definition) is 1. The van der Waals surface area contributed by atoms with Gasteiger partial charge in [-0.1, -0.05) is 0 Å². The van der Waals surface area contributed by atoms with Crippen molar-refractivity contribution < 1.29 is 4.79 Å². The van der Waals surface area contributed by atoms with Crippen LogP contribution in [0.25, 0.3) is 6.08 Å². The molecule has 3 aromatic rings. The number of thiazole rings is 2. The first-order chi connectivity index (χ1) is 14.9. The Morgan fingerprint density at radius 2 is 2.00 bits per heavy atom. The van der Waals surface area contributed by atoms with Crippen molar-refractivity contribution in [3.63, 3.8) is 0 Å². The number of nitrogens with zero attached hydrogens (tertiary/aromatic N) is 5. The lowest BCUT2D eigenvalue weighted by Crippen LogP contribution is -2.38. The molecule has 0 aromatic carbocycles. The van der Waals surface area contributed by atoms with Gasteiger partial charge >= 0.3 is 0 Å². The zero-order valence-corrected chi connectivity index (χ0v) is 19.8. The smallest absolute Gasteiger partial charge is 0.247 e. The molecule has 0 radical (unpaired) electrons. The van der Waals surface area contributed by atoms with Crippen LogP contribution in [0, 0.1) is 27.7 Å². The number of carbonyl (C=O) groups is 1. The van der Waals surface area contributed by atoms with Crippen LogP contribution in [0.2, 0.25) is 0 Å². The summed E-state index contributed by atoms with van der Waals surface area (Å²) in [4.78, 5) is 34.4. The van der Waals surface area contributed by atoms with Gasteiger partial charge in [-0.15, -0.1) is 22.7 Å². The summed E-state index contributed by atoms with van der Waals surface area (Å²) in [5.74, 6) is 1.36. The molecule has 31 heavy (non-hydrogen) atoms. The molecule has 1 fully saturated rings. The molecule has 0 aliphatic carbocycles. The monoisotopic (exact) mass is 454 g/mol. The van der Waals surface area contributed by atoms with Gasteiger partial charge in [0, 0.05) is 34.6 Å². The Kier molecular flexibility index (Phi) is 6.43. The Balaban J connectivity index is 1.56. The summed E-state index contributed by atoms with van der Waals surface area (Å²) < 4.78 is 0. The molecule has 4 heterocycles. The fourth-order valence-electron chi connectivity index (χ4n) is 3.61. The fourth-order valence-corrected chi connectivity index (χ4v) is 5.02. The third-order valence-electron chi connectivity index (χ3n) is 5.25. The first-order valence-corrected chi connectivity index (χ1v) is 12.1. The van der Waals surface area contributed by atoms with E-state index in [4.69, 9.17) is 4.98 Å². The predicted molar refractivity (Wildman–Crippen MR) is 126 cm³/mol. The molecule has 7 nitrogen and oxygen atoms in total. The van der Waals surface area contributed by atoms with Gasteiger partial charge in [0.25, 0.3) is 0 Å². The first-order valence-electron chi connectivity index (χ1n) is 10.4. The van der Waals surface area contributed by atoms with Crippen LogP contribution in [-0.2, 0) is 4.79 Å². The summed E-state index contributed by atoms with van der Waals surface area (Å²) >= 11 is 3.18. The largest absolute Gasteiger partial charge is 0.329 e. The van der Waals surface area contributed by atoms with Gasteiger partial charge in [0.1, 0.15) is 5.82 Å². The van der Waals surface area contributed by atoms with Crippen LogP contribution in [0.4, 0.5) is 10.9 Å². The fraction of sp³-hybridized carbons (Fsp3) is 0.409. The summed E-state index contributed by atoms with van der Waals surface area (Å²) in [6.45, 7) is 8.67. The van der Waals surface area contributed by atoms with Crippen molar-refractivity contribution in [3.8, 4) is 0 Å². The lowest BCUT2D eigenvalue weighted by molar-refractivity contribution is -0.129. The quantitative estimate of drug-likeness (QED) is 0.538. The summed E-state index contributed by atoms with van der Waals surface area (Å²) in [7, 11) is 0. The molecule has 0 saturated carbocycles. The van der Waals surface area contributed by atoms with Gasteiger partial charge < -0.3 is 10.2 Å². The third-order valence-corrected chi connectivity index (χ3v) is 7.03. The third kappa shape index (κ3) is 5.16. The number of aromatic nitrogens is 4. The molecule has 9 heteroatoms. The van der Waals surface area contributed by atoms with E-state index < -0.39 is 0 Å². The molecule has 1 aliphatic heterocycles. The zero-order chi connectivity index (χ0) is 22.0. The van der Waals surface area contributed by atoms with Crippen molar-refractivity contribution in [3.05, 3.63) is 50.3 Å². The number of rotatable bonds is 5. The van der Waals surface area contributed by atoms with Crippen molar-refractivity contribution in [2.24, 2.45) is 0 Å². The minimum atomic E-state index is -0.136. The zero-order valence-electron chi connectivity index (χ0n) is 18.2. The van der Waals surface area contributed by atoms with Crippen LogP contribution in [0.3, 0.4) is 0 Å². The van der Waals surface area contributed by atoms with Gasteiger partial charge in [0.15, 0.2) is 11.0 Å². The van der Waals surface area contributed by atoms with Crippen LogP contribution < -0.4 is 5.32 Å². The molecule has 0 spiro atoms. The standard InChI is InChI=1S/C22H26N6OS2/c1-13-11-19(27-22-24-14(2)15(3)31-22)26-21(23-13)18-7-5-6-10-28(18)20(29)9-8-17-12-30-16(4)25-17/h8-9,11-12,18H,5-7,10H2,1-4H3,(H,23,24,26,27)/b9-8+/t18-/m0/s1. The number of nitrogens with one attached hydrogen (secondary N) is 1. The molecule has 0 bridgehead atoms. The van der Waals surface area contributed by atoms with Gasteiger partial charge in [-0.2, -0.15) is 0 Å². The molecule has 1 N–H and O–H groups in total. The van der Waals surface area contributed by atoms with E-state index in [9.17, 15) is 4.79 Å². The second-order valence-corrected chi connectivity index (χ2v) is 9.97. The van der Waals surface area contributed by atoms with Gasteiger partial charge in [0.05, 0.1) is 22.4 Å². The lowest BCUT2D eigenvalue weighted by Gasteiger charge is -2.34. The Morgan fingerprint density at radius 3 is 2.71 bits per heavy atom. The van der Waals surface area contributed by atoms with E-state index in [0.717, 1.165) is 46.5 Å². The lowest BCUT2D eigenvalue weighted by atomic mass is 10.0. The molecule has 4 rings (SSSR count). The highest BCUT2D eigenvalue weighted by molar-refractivity contribution is 7.15.